The number of nitrogens with one attached hydrogen (secondary N) is 1. The van der Waals surface area contributed by atoms with Gasteiger partial charge in [-0.05, 0) is 47.2 Å². The molecule has 3 aromatic carbocycles. The lowest BCUT2D eigenvalue weighted by atomic mass is 9.92. The van der Waals surface area contributed by atoms with Crippen LogP contribution in [0.3, 0.4) is 0 Å². The van der Waals surface area contributed by atoms with Crippen LogP contribution in [0.15, 0.2) is 84.9 Å². The van der Waals surface area contributed by atoms with Crippen molar-refractivity contribution in [1.29, 1.82) is 0 Å². The van der Waals surface area contributed by atoms with Gasteiger partial charge in [-0.15, -0.1) is 0 Å². The molecule has 230 valence electrons. The first-order valence-corrected chi connectivity index (χ1v) is 14.3. The molecule has 0 unspecified atom stereocenters. The topological polar surface area (TPSA) is 103 Å². The van der Waals surface area contributed by atoms with Crippen LogP contribution in [0, 0.1) is 0 Å². The molecule has 1 aliphatic carbocycles. The van der Waals surface area contributed by atoms with E-state index in [9.17, 15) is 27.9 Å². The molecule has 1 aromatic heterocycles. The van der Waals surface area contributed by atoms with Gasteiger partial charge in [0.25, 0.3) is 0 Å². The van der Waals surface area contributed by atoms with E-state index in [2.05, 4.69) is 10.4 Å². The third kappa shape index (κ3) is 7.84. The number of carboxylic acid groups (broad SMARTS) is 1. The van der Waals surface area contributed by atoms with Gasteiger partial charge in [0, 0.05) is 6.07 Å². The number of alkyl halides is 3. The largest absolute Gasteiger partial charge is 0.476 e. The first kappa shape index (κ1) is 30.8. The van der Waals surface area contributed by atoms with Crippen molar-refractivity contribution in [3.63, 3.8) is 0 Å². The maximum Gasteiger partial charge on any atom is 0.416 e. The molecular formula is C33H32F3N3O5. The molecule has 0 spiro atoms. The number of hydrogen-bond acceptors (Lipinski definition) is 5. The minimum absolute atomic E-state index is 0.0401. The van der Waals surface area contributed by atoms with Crippen LogP contribution in [0.1, 0.15) is 52.9 Å². The van der Waals surface area contributed by atoms with Crippen LogP contribution in [0.25, 0.3) is 11.1 Å². The number of rotatable bonds is 11. The summed E-state index contributed by atoms with van der Waals surface area (Å²) in [5.74, 6) is -1.57. The van der Waals surface area contributed by atoms with E-state index in [1.807, 2.05) is 30.3 Å². The highest BCUT2D eigenvalue weighted by Gasteiger charge is 2.30. The Kier molecular flexibility index (Phi) is 9.64. The molecule has 0 aliphatic heterocycles. The molecule has 1 aliphatic rings. The molecule has 1 heterocycles. The average Bonchev–Trinajstić information content (AvgIpc) is 3.42. The molecule has 2 atom stereocenters. The highest BCUT2D eigenvalue weighted by Crippen LogP contribution is 2.32. The quantitative estimate of drug-likeness (QED) is 0.202. The van der Waals surface area contributed by atoms with E-state index in [4.69, 9.17) is 9.47 Å². The number of hydrogen-bond donors (Lipinski definition) is 2. The second kappa shape index (κ2) is 13.8. The summed E-state index contributed by atoms with van der Waals surface area (Å²) in [6, 6.07) is 22.7. The van der Waals surface area contributed by atoms with Crippen molar-refractivity contribution >= 4 is 11.9 Å². The Hall–Kier alpha value is -4.64. The number of benzene rings is 3. The molecule has 4 aromatic rings. The van der Waals surface area contributed by atoms with E-state index >= 15 is 0 Å². The lowest BCUT2D eigenvalue weighted by Gasteiger charge is -2.32. The minimum atomic E-state index is -4.44. The lowest BCUT2D eigenvalue weighted by Crippen LogP contribution is -2.47. The number of ether oxygens (including phenoxy) is 2. The second-order valence-electron chi connectivity index (χ2n) is 10.6. The van der Waals surface area contributed by atoms with Crippen LogP contribution in [0.4, 0.5) is 13.2 Å². The third-order valence-electron chi connectivity index (χ3n) is 7.53. The number of carbonyl (C=O) groups excluding carboxylic acids is 1. The van der Waals surface area contributed by atoms with E-state index in [-0.39, 0.29) is 42.8 Å². The summed E-state index contributed by atoms with van der Waals surface area (Å²) in [6.07, 6.45) is -1.07. The zero-order valence-corrected chi connectivity index (χ0v) is 23.8. The lowest BCUT2D eigenvalue weighted by molar-refractivity contribution is -0.137. The average molecular weight is 608 g/mol. The van der Waals surface area contributed by atoms with Gasteiger partial charge in [-0.3, -0.25) is 4.79 Å². The fraction of sp³-hybridized carbons (Fsp3) is 0.303. The van der Waals surface area contributed by atoms with Gasteiger partial charge in [-0.2, -0.15) is 18.3 Å². The Balaban J connectivity index is 1.26. The van der Waals surface area contributed by atoms with E-state index in [0.717, 1.165) is 43.4 Å². The van der Waals surface area contributed by atoms with Crippen molar-refractivity contribution in [3.05, 3.63) is 107 Å². The number of carbonyl (C=O) groups is 2. The molecule has 44 heavy (non-hydrogen) atoms. The Morgan fingerprint density at radius 2 is 1.64 bits per heavy atom. The number of aromatic carboxylic acids is 1. The van der Waals surface area contributed by atoms with Crippen LogP contribution in [-0.2, 0) is 35.5 Å². The third-order valence-corrected chi connectivity index (χ3v) is 7.53. The fourth-order valence-corrected chi connectivity index (χ4v) is 5.28. The number of halogens is 3. The fourth-order valence-electron chi connectivity index (χ4n) is 5.28. The smallest absolute Gasteiger partial charge is 0.416 e. The summed E-state index contributed by atoms with van der Waals surface area (Å²) in [5, 5.41) is 16.6. The molecule has 1 fully saturated rings. The maximum atomic E-state index is 13.1. The van der Waals surface area contributed by atoms with Crippen LogP contribution in [-0.4, -0.2) is 38.9 Å². The summed E-state index contributed by atoms with van der Waals surface area (Å²) in [7, 11) is 0. The van der Waals surface area contributed by atoms with E-state index in [0.29, 0.717) is 23.3 Å². The Labute approximate surface area is 252 Å². The highest BCUT2D eigenvalue weighted by molar-refractivity contribution is 5.86. The molecule has 11 heteroatoms. The number of aromatic nitrogens is 2. The first-order chi connectivity index (χ1) is 21.2. The summed E-state index contributed by atoms with van der Waals surface area (Å²) >= 11 is 0. The zero-order chi connectivity index (χ0) is 31.1. The van der Waals surface area contributed by atoms with Gasteiger partial charge in [0.1, 0.15) is 13.2 Å². The molecule has 0 bridgehead atoms. The van der Waals surface area contributed by atoms with Crippen LogP contribution >= 0.6 is 0 Å². The summed E-state index contributed by atoms with van der Waals surface area (Å²) in [5.41, 5.74) is 1.88. The first-order valence-electron chi connectivity index (χ1n) is 14.3. The van der Waals surface area contributed by atoms with Gasteiger partial charge in [-0.1, -0.05) is 79.6 Å². The van der Waals surface area contributed by atoms with Crippen molar-refractivity contribution in [2.75, 3.05) is 0 Å². The van der Waals surface area contributed by atoms with Gasteiger partial charge >= 0.3 is 12.1 Å². The van der Waals surface area contributed by atoms with Crippen LogP contribution in [0.5, 0.6) is 5.88 Å². The predicted octanol–water partition coefficient (Wildman–Crippen LogP) is 6.49. The van der Waals surface area contributed by atoms with Gasteiger partial charge in [0.2, 0.25) is 11.8 Å². The second-order valence-corrected chi connectivity index (χ2v) is 10.6. The summed E-state index contributed by atoms with van der Waals surface area (Å²) < 4.78 is 52.4. The molecule has 1 saturated carbocycles. The SMILES string of the molecule is O=C(Cn1nc(C(=O)O)cc1OCc1ccccc1-c1ccc(C(F)(F)F)cc1)N[C@H]1CCCC[C@@H]1OCc1ccccc1. The Bertz CT molecular complexity index is 1570. The van der Waals surface area contributed by atoms with Gasteiger partial charge < -0.3 is 19.9 Å². The monoisotopic (exact) mass is 607 g/mol. The Morgan fingerprint density at radius 1 is 0.932 bits per heavy atom. The van der Waals surface area contributed by atoms with Gasteiger partial charge in [0.15, 0.2) is 5.69 Å². The molecule has 1 amide bonds. The van der Waals surface area contributed by atoms with E-state index in [1.54, 1.807) is 24.3 Å². The molecule has 0 saturated heterocycles. The Morgan fingerprint density at radius 3 is 2.36 bits per heavy atom. The molecule has 2 N–H and O–H groups in total. The minimum Gasteiger partial charge on any atom is -0.476 e. The highest BCUT2D eigenvalue weighted by atomic mass is 19.4. The van der Waals surface area contributed by atoms with Crippen molar-refractivity contribution in [3.8, 4) is 17.0 Å². The van der Waals surface area contributed by atoms with Crippen LogP contribution < -0.4 is 10.1 Å². The molecule has 8 nitrogen and oxygen atoms in total. The summed E-state index contributed by atoms with van der Waals surface area (Å²) in [4.78, 5) is 24.8. The molecule has 0 radical (unpaired) electrons. The van der Waals surface area contributed by atoms with E-state index < -0.39 is 17.7 Å². The number of nitrogens with zero attached hydrogens (tertiary/aromatic N) is 2. The standard InChI is InChI=1S/C33H32F3N3O5/c34-33(35,36)25-16-14-23(15-17-25)26-11-5-4-10-24(26)21-44-31-18-28(32(41)42)38-39(31)19-30(40)37-27-12-6-7-13-29(27)43-20-22-8-2-1-3-9-22/h1-5,8-11,14-18,27,29H,6-7,12-13,19-21H2,(H,37,40)(H,41,42)/t27-,29-/m0/s1. The maximum absolute atomic E-state index is 13.1. The van der Waals surface area contributed by atoms with Crippen molar-refractivity contribution < 1.29 is 37.3 Å². The van der Waals surface area contributed by atoms with Crippen molar-refractivity contribution in [1.82, 2.24) is 15.1 Å². The molecule has 5 rings (SSSR count). The van der Waals surface area contributed by atoms with Crippen molar-refractivity contribution in [2.45, 2.75) is 63.8 Å². The normalized spacial score (nSPS) is 16.8. The summed E-state index contributed by atoms with van der Waals surface area (Å²) in [6.45, 7) is 0.123. The van der Waals surface area contributed by atoms with E-state index in [1.165, 1.54) is 22.9 Å². The zero-order valence-electron chi connectivity index (χ0n) is 23.8. The predicted molar refractivity (Wildman–Crippen MR) is 156 cm³/mol. The van der Waals surface area contributed by atoms with Crippen LogP contribution in [0.2, 0.25) is 0 Å². The number of amides is 1. The number of carboxylic acids is 1. The van der Waals surface area contributed by atoms with Gasteiger partial charge in [0.05, 0.1) is 24.3 Å². The van der Waals surface area contributed by atoms with Crippen molar-refractivity contribution in [2.24, 2.45) is 0 Å². The molecular weight excluding hydrogens is 575 g/mol. The van der Waals surface area contributed by atoms with Gasteiger partial charge in [-0.25, -0.2) is 9.48 Å².